The highest BCUT2D eigenvalue weighted by molar-refractivity contribution is 5.17. The molecule has 10 aliphatic heterocycles. The fourth-order valence-electron chi connectivity index (χ4n) is 21.1. The Labute approximate surface area is 645 Å². The Hall–Kier alpha value is -1.82. The predicted molar refractivity (Wildman–Crippen MR) is 364 cm³/mol. The van der Waals surface area contributed by atoms with Crippen LogP contribution in [0.4, 0.5) is 0 Å². The first kappa shape index (κ1) is 86.6. The predicted octanol–water partition coefficient (Wildman–Crippen LogP) is -8.36. The van der Waals surface area contributed by atoms with E-state index in [-0.39, 0.29) is 28.8 Å². The van der Waals surface area contributed by atoms with E-state index in [4.69, 9.17) is 85.3 Å². The molecule has 0 aromatic rings. The Morgan fingerprint density at radius 1 is 0.402 bits per heavy atom. The number of ether oxygens (including phenoxy) is 18. The van der Waals surface area contributed by atoms with Crippen molar-refractivity contribution < 1.29 is 193 Å². The molecule has 39 nitrogen and oxygen atoms in total. The molecule has 112 heavy (non-hydrogen) atoms. The normalized spacial score (nSPS) is 56.8. The van der Waals surface area contributed by atoms with Crippen LogP contribution in [0.5, 0.6) is 0 Å². The van der Waals surface area contributed by atoms with E-state index in [1.54, 1.807) is 0 Å². The van der Waals surface area contributed by atoms with Gasteiger partial charge in [-0.15, -0.1) is 0 Å². The highest BCUT2D eigenvalue weighted by Crippen LogP contribution is 2.72. The molecule has 10 saturated heterocycles. The van der Waals surface area contributed by atoms with Crippen molar-refractivity contribution in [2.24, 2.45) is 46.3 Å². The molecular weight excluding hydrogens is 1500 g/mol. The van der Waals surface area contributed by atoms with E-state index in [1.165, 1.54) is 13.8 Å². The molecule has 0 radical (unpaired) electrons. The molecule has 14 aliphatic rings. The van der Waals surface area contributed by atoms with Crippen molar-refractivity contribution in [3.8, 4) is 0 Å². The van der Waals surface area contributed by atoms with Crippen molar-refractivity contribution in [1.82, 2.24) is 0 Å². The van der Waals surface area contributed by atoms with Gasteiger partial charge in [-0.1, -0.05) is 32.9 Å². The second-order valence-corrected chi connectivity index (χ2v) is 34.3. The molecule has 0 bridgehead atoms. The molecule has 14 fully saturated rings. The Morgan fingerprint density at radius 2 is 0.902 bits per heavy atom. The monoisotopic (exact) mass is 1620 g/mol. The average Bonchev–Trinajstić information content (AvgIpc) is 1.52. The summed E-state index contributed by atoms with van der Waals surface area (Å²) in [5.41, 5.74) is 0.993. The van der Waals surface area contributed by atoms with Crippen molar-refractivity contribution >= 4 is 0 Å². The lowest BCUT2D eigenvalue weighted by Gasteiger charge is -2.61. The van der Waals surface area contributed by atoms with E-state index in [0.29, 0.717) is 43.1 Å². The highest BCUT2D eigenvalue weighted by Gasteiger charge is 2.70. The van der Waals surface area contributed by atoms with E-state index >= 15 is 0 Å². The summed E-state index contributed by atoms with van der Waals surface area (Å²) in [7, 11) is 0. The van der Waals surface area contributed by atoms with Crippen LogP contribution >= 0.6 is 0 Å². The minimum atomic E-state index is -2.29. The summed E-state index contributed by atoms with van der Waals surface area (Å²) in [6, 6.07) is 0. The van der Waals surface area contributed by atoms with Crippen LogP contribution < -0.4 is 0 Å². The van der Waals surface area contributed by atoms with E-state index in [0.717, 1.165) is 56.9 Å². The minimum absolute atomic E-state index is 0.0447. The Kier molecular flexibility index (Phi) is 26.7. The SMILES string of the molecule is C=C1CC[C@@]2(OC1)O[C@H]1C[C@H]3[C@@H]4CC[C@H]5C[C@@H](O[C@@H]6O[C@H](CO[C@@H]7O[C@@H](C)[C@H](O)[C@@H](O)[C@H]7O)[C@H](O)[C@H](O)[C@H]6O[C@@H]6O[C@H](CO)[C@@H](O)[C@H](O[C@@H]7OC[C@H](O)[C@H](O[C@@H]8O[C@H](CO)[C@@H](O[C@@H]9O[C@@H](C)[C@H](O)[C@@H](O)[C@H]9O)[C@H](O[C@@H]9O[C@H](CO)[C@@H](O)[C@H](O)[C@H]9O)[C@H]8O)[C@H]7O)[C@H]6O[C@@H]6OC[C@@H](O)[C@H](O)[C@H]6O)CC[C@]5(C)[C@H]4CC[C@]3(C)[C@H]1[C@@H]2C. The summed E-state index contributed by atoms with van der Waals surface area (Å²) < 4.78 is 111. The summed E-state index contributed by atoms with van der Waals surface area (Å²) in [5.74, 6) is 1.32. The molecule has 1 spiro atoms. The maximum atomic E-state index is 12.6. The van der Waals surface area contributed by atoms with Crippen molar-refractivity contribution in [3.63, 3.8) is 0 Å². The van der Waals surface area contributed by atoms with Crippen LogP contribution in [0.3, 0.4) is 0 Å². The zero-order valence-corrected chi connectivity index (χ0v) is 63.0. The zero-order valence-electron chi connectivity index (χ0n) is 63.0. The molecule has 49 atom stereocenters. The molecule has 0 unspecified atom stereocenters. The Balaban J connectivity index is 0.722. The number of hydrogen-bond acceptors (Lipinski definition) is 39. The largest absolute Gasteiger partial charge is 0.394 e. The van der Waals surface area contributed by atoms with Crippen LogP contribution in [-0.2, 0) is 85.3 Å². The lowest BCUT2D eigenvalue weighted by molar-refractivity contribution is -0.411. The van der Waals surface area contributed by atoms with Crippen LogP contribution in [0.2, 0.25) is 0 Å². The van der Waals surface area contributed by atoms with Crippen LogP contribution in [-0.4, -0.2) is 405 Å². The van der Waals surface area contributed by atoms with E-state index < -0.39 is 285 Å². The fraction of sp³-hybridized carbons (Fsp3) is 0.973. The third-order valence-corrected chi connectivity index (χ3v) is 27.7. The maximum Gasteiger partial charge on any atom is 0.187 e. The van der Waals surface area contributed by atoms with Gasteiger partial charge in [-0.05, 0) is 112 Å². The van der Waals surface area contributed by atoms with Crippen LogP contribution in [0, 0.1) is 46.3 Å². The van der Waals surface area contributed by atoms with Crippen molar-refractivity contribution in [3.05, 3.63) is 12.2 Å². The number of rotatable bonds is 20. The highest BCUT2D eigenvalue weighted by atomic mass is 16.8. The number of fused-ring (bicyclic) bond motifs is 7. The first-order valence-corrected chi connectivity index (χ1v) is 39.6. The molecule has 0 aromatic heterocycles. The van der Waals surface area contributed by atoms with Gasteiger partial charge in [0, 0.05) is 12.3 Å². The first-order valence-electron chi connectivity index (χ1n) is 39.6. The lowest BCUT2D eigenvalue weighted by Crippen LogP contribution is -2.69. The van der Waals surface area contributed by atoms with Gasteiger partial charge in [-0.2, -0.15) is 0 Å². The standard InChI is InChI=1S/C73H118O39/c1-24-9-14-73(98-20-24)25(2)40-35(112-73)16-32-30-8-7-28-15-29(10-12-71(28,5)31(30)11-13-72(32,40)6)101-69-61(50(88)45(83)39(105-69)23-97-63-52(90)47(85)41(79)26(3)99-63)110-70-62(111-64-51(89)43(81)33(77)21-95-64)59(46(84)37(18-75)103-70)108-65-55(93)57(34(78)22-96-65)106-68-56(94)60(109-67-54(92)49(87)44(82)36(17-74)102-67)58(38(19-76)104-68)107-66-53(91)48(86)42(80)27(4)100-66/h25-70,74-94H,1,7-23H2,2-6H3/t25-,26-,27-,28-,29-,30+,31-,32-,33+,34-,35-,36+,37+,38+,39+,40-,41-,42-,43-,44+,45-,46+,47+,48+,49-,50-,51+,52+,53+,54+,55+,56+,57-,58+,59-,60+,61+,62+,63+,64-,65-,66-,67-,68-,69+,70-,71-,72-,73+/m0/s1. The van der Waals surface area contributed by atoms with Gasteiger partial charge in [0.1, 0.15) is 171 Å². The van der Waals surface area contributed by atoms with Crippen molar-refractivity contribution in [2.75, 3.05) is 46.2 Å². The second-order valence-electron chi connectivity index (χ2n) is 34.3. The maximum absolute atomic E-state index is 12.6. The van der Waals surface area contributed by atoms with Crippen molar-refractivity contribution in [1.29, 1.82) is 0 Å². The van der Waals surface area contributed by atoms with Crippen LogP contribution in [0.1, 0.15) is 98.8 Å². The second kappa shape index (κ2) is 34.6. The molecule has 10 heterocycles. The Morgan fingerprint density at radius 3 is 1.57 bits per heavy atom. The van der Waals surface area contributed by atoms with Gasteiger partial charge in [0.15, 0.2) is 56.1 Å². The molecule has 4 saturated carbocycles. The third kappa shape index (κ3) is 15.9. The molecule has 0 amide bonds. The quantitative estimate of drug-likeness (QED) is 0.0398. The van der Waals surface area contributed by atoms with Gasteiger partial charge in [0.05, 0.1) is 70.7 Å². The van der Waals surface area contributed by atoms with Crippen molar-refractivity contribution in [2.45, 2.75) is 350 Å². The summed E-state index contributed by atoms with van der Waals surface area (Å²) in [6.07, 6.45) is -63.9. The summed E-state index contributed by atoms with van der Waals surface area (Å²) >= 11 is 0. The third-order valence-electron chi connectivity index (χ3n) is 27.7. The topological polar surface area (TPSA) is 591 Å². The Bertz CT molecular complexity index is 3090. The fourth-order valence-corrected chi connectivity index (χ4v) is 21.1. The van der Waals surface area contributed by atoms with Gasteiger partial charge in [0.25, 0.3) is 0 Å². The van der Waals surface area contributed by atoms with Gasteiger partial charge in [-0.3, -0.25) is 0 Å². The molecule has 21 N–H and O–H groups in total. The van der Waals surface area contributed by atoms with Gasteiger partial charge < -0.3 is 193 Å². The molecule has 14 rings (SSSR count). The van der Waals surface area contributed by atoms with E-state index in [2.05, 4.69) is 27.4 Å². The number of hydrogen-bond donors (Lipinski definition) is 21. The zero-order chi connectivity index (χ0) is 80.4. The molecule has 644 valence electrons. The minimum Gasteiger partial charge on any atom is -0.394 e. The number of aliphatic hydroxyl groups excluding tert-OH is 21. The van der Waals surface area contributed by atoms with Crippen LogP contribution in [0.25, 0.3) is 0 Å². The molecule has 4 aliphatic carbocycles. The van der Waals surface area contributed by atoms with Gasteiger partial charge in [0.2, 0.25) is 0 Å². The van der Waals surface area contributed by atoms with E-state index in [1.807, 2.05) is 0 Å². The summed E-state index contributed by atoms with van der Waals surface area (Å²) in [5, 5.41) is 235. The van der Waals surface area contributed by atoms with Crippen LogP contribution in [0.15, 0.2) is 12.2 Å². The summed E-state index contributed by atoms with van der Waals surface area (Å²) in [4.78, 5) is 0. The smallest absolute Gasteiger partial charge is 0.187 e. The molecule has 0 aromatic carbocycles. The lowest BCUT2D eigenvalue weighted by atomic mass is 9.44. The van der Waals surface area contributed by atoms with Gasteiger partial charge >= 0.3 is 0 Å². The molecule has 39 heteroatoms. The summed E-state index contributed by atoms with van der Waals surface area (Å²) in [6.45, 7) is 9.36. The molecular formula is C73H118O39. The average molecular weight is 1620 g/mol. The first-order chi connectivity index (χ1) is 53.1. The number of aliphatic hydroxyl groups is 21. The van der Waals surface area contributed by atoms with Gasteiger partial charge in [-0.25, -0.2) is 0 Å². The van der Waals surface area contributed by atoms with E-state index in [9.17, 15) is 107 Å².